The summed E-state index contributed by atoms with van der Waals surface area (Å²) >= 11 is 0. The van der Waals surface area contributed by atoms with E-state index in [2.05, 4.69) is 0 Å². The predicted molar refractivity (Wildman–Crippen MR) is 40.1 cm³/mol. The standard InChI is InChI=1S/6ClH.H3N.Pd/h6*1H;1H3;/q;;;;;;;+6/p-6. The van der Waals surface area contributed by atoms with Crippen molar-refractivity contribution in [3.8, 4) is 0 Å². The fourth-order valence-electron chi connectivity index (χ4n) is 0. The van der Waals surface area contributed by atoms with Crippen molar-refractivity contribution in [3.63, 3.8) is 0 Å². The van der Waals surface area contributed by atoms with E-state index in [1.54, 1.807) is 0 Å². The van der Waals surface area contributed by atoms with Gasteiger partial charge in [0.1, 0.15) is 0 Å². The molecule has 8 heavy (non-hydrogen) atoms. The maximum absolute atomic E-state index is 5.08. The van der Waals surface area contributed by atoms with E-state index in [4.69, 9.17) is 57.2 Å². The van der Waals surface area contributed by atoms with Crippen LogP contribution < -0.4 is 6.15 Å². The van der Waals surface area contributed by atoms with E-state index < -0.39 is 6.97 Å². The molecule has 8 heteroatoms. The van der Waals surface area contributed by atoms with E-state index in [0.29, 0.717) is 0 Å². The van der Waals surface area contributed by atoms with Crippen LogP contribution in [0, 0.1) is 0 Å². The Bertz CT molecular complexity index is 67.1. The van der Waals surface area contributed by atoms with Crippen LogP contribution in [0.1, 0.15) is 0 Å². The number of rotatable bonds is 0. The van der Waals surface area contributed by atoms with Crippen LogP contribution in [0.5, 0.6) is 0 Å². The van der Waals surface area contributed by atoms with Crippen LogP contribution in [0.25, 0.3) is 0 Å². The molecule has 0 aliphatic heterocycles. The molecule has 0 radical (unpaired) electrons. The molecule has 0 saturated carbocycles. The van der Waals surface area contributed by atoms with Gasteiger partial charge in [-0.2, -0.15) is 0 Å². The van der Waals surface area contributed by atoms with E-state index in [0.717, 1.165) is 0 Å². The molecule has 0 aromatic rings. The Morgan fingerprint density at radius 2 is 0.625 bits per heavy atom. The Balaban J connectivity index is 0. The van der Waals surface area contributed by atoms with Gasteiger partial charge in [0, 0.05) is 0 Å². The number of hydrogen-bond donors (Lipinski definition) is 1. The van der Waals surface area contributed by atoms with Crippen LogP contribution in [0.2, 0.25) is 0 Å². The monoisotopic (exact) mass is 333 g/mol. The average molecular weight is 336 g/mol. The summed E-state index contributed by atoms with van der Waals surface area (Å²) in [5.41, 5.74) is 0. The summed E-state index contributed by atoms with van der Waals surface area (Å²) in [6.07, 6.45) is 0. The van der Waals surface area contributed by atoms with Gasteiger partial charge < -0.3 is 6.15 Å². The van der Waals surface area contributed by atoms with Crippen molar-refractivity contribution in [3.05, 3.63) is 0 Å². The van der Waals surface area contributed by atoms with E-state index in [-0.39, 0.29) is 6.15 Å². The van der Waals surface area contributed by atoms with Gasteiger partial charge in [-0.15, -0.1) is 0 Å². The molecule has 0 aromatic heterocycles. The average Bonchev–Trinajstić information content (AvgIpc) is 0.592. The summed E-state index contributed by atoms with van der Waals surface area (Å²) in [6, 6.07) is 0. The predicted octanol–water partition coefficient (Wildman–Crippen LogP) is 4.30. The molecule has 0 aliphatic carbocycles. The van der Waals surface area contributed by atoms with Crippen molar-refractivity contribution in [2.75, 3.05) is 0 Å². The van der Waals surface area contributed by atoms with Gasteiger partial charge >= 0.3 is 64.1 Å². The molecule has 0 fully saturated rings. The Labute approximate surface area is 69.5 Å². The Morgan fingerprint density at radius 1 is 0.625 bits per heavy atom. The van der Waals surface area contributed by atoms with Gasteiger partial charge in [-0.1, -0.05) is 0 Å². The van der Waals surface area contributed by atoms with Crippen molar-refractivity contribution in [1.82, 2.24) is 6.15 Å². The molecule has 60 valence electrons. The third-order valence-corrected chi connectivity index (χ3v) is 0. The second-order valence-corrected chi connectivity index (χ2v) is 36.1. The summed E-state index contributed by atoms with van der Waals surface area (Å²) in [7, 11) is 30.2. The van der Waals surface area contributed by atoms with E-state index in [9.17, 15) is 0 Å². The molecule has 0 saturated heterocycles. The molecular formula is H3Cl6NPd. The zero-order chi connectivity index (χ0) is 6.41. The summed E-state index contributed by atoms with van der Waals surface area (Å²) in [4.78, 5) is 0. The molecule has 1 nitrogen and oxygen atoms in total. The van der Waals surface area contributed by atoms with Crippen LogP contribution in [0.3, 0.4) is 0 Å². The fourth-order valence-corrected chi connectivity index (χ4v) is 0. The van der Waals surface area contributed by atoms with Crippen molar-refractivity contribution < 1.29 is 6.97 Å². The summed E-state index contributed by atoms with van der Waals surface area (Å²) in [6.45, 7) is -5.08. The topological polar surface area (TPSA) is 35.0 Å². The molecule has 0 aliphatic rings. The Morgan fingerprint density at radius 3 is 0.625 bits per heavy atom. The zero-order valence-corrected chi connectivity index (χ0v) is 9.38. The van der Waals surface area contributed by atoms with Crippen LogP contribution in [-0.4, -0.2) is 0 Å². The van der Waals surface area contributed by atoms with Crippen LogP contribution in [0.15, 0.2) is 0 Å². The summed E-state index contributed by atoms with van der Waals surface area (Å²) in [5, 5.41) is 0. The van der Waals surface area contributed by atoms with Crippen LogP contribution >= 0.6 is 57.2 Å². The SMILES string of the molecule is N.[Cl][Pd]([Cl])([Cl])([Cl])([Cl])[Cl]. The molecule has 0 spiro atoms. The van der Waals surface area contributed by atoms with E-state index in [1.165, 1.54) is 0 Å². The molecule has 0 atom stereocenters. The first-order chi connectivity index (χ1) is 2.45. The normalized spacial score (nSPS) is 20.2. The third-order valence-electron chi connectivity index (χ3n) is 0. The minimum atomic E-state index is -5.08. The van der Waals surface area contributed by atoms with Gasteiger partial charge in [0.05, 0.1) is 0 Å². The minimum absolute atomic E-state index is 0. The van der Waals surface area contributed by atoms with Crippen molar-refractivity contribution in [2.24, 2.45) is 0 Å². The molecule has 0 unspecified atom stereocenters. The third kappa shape index (κ3) is 81.2. The maximum atomic E-state index is 5.03. The van der Waals surface area contributed by atoms with Gasteiger partial charge in [-0.3, -0.25) is 0 Å². The molecule has 0 aromatic carbocycles. The van der Waals surface area contributed by atoms with Gasteiger partial charge in [-0.05, 0) is 0 Å². The Kier molecular flexibility index (Phi) is 3.53. The van der Waals surface area contributed by atoms with Gasteiger partial charge in [-0.25, -0.2) is 0 Å². The van der Waals surface area contributed by atoms with Crippen molar-refractivity contribution in [1.29, 1.82) is 0 Å². The fraction of sp³-hybridized carbons (Fsp3) is 0. The first kappa shape index (κ1) is 13.0. The molecule has 0 bridgehead atoms. The molecule has 0 amide bonds. The number of halogens is 6. The first-order valence-corrected chi connectivity index (χ1v) is 12.7. The summed E-state index contributed by atoms with van der Waals surface area (Å²) in [5.74, 6) is 0. The van der Waals surface area contributed by atoms with Gasteiger partial charge in [0.2, 0.25) is 0 Å². The second kappa shape index (κ2) is 2.17. The molecule has 0 rings (SSSR count). The Hall–Kier alpha value is 2.36. The zero-order valence-electron chi connectivity index (χ0n) is 3.29. The van der Waals surface area contributed by atoms with Crippen molar-refractivity contribution in [2.45, 2.75) is 0 Å². The van der Waals surface area contributed by atoms with Crippen molar-refractivity contribution >= 4 is 57.2 Å². The van der Waals surface area contributed by atoms with Gasteiger partial charge in [0.15, 0.2) is 0 Å². The van der Waals surface area contributed by atoms with Gasteiger partial charge in [0.25, 0.3) is 0 Å². The second-order valence-electron chi connectivity index (χ2n) is 0.678. The van der Waals surface area contributed by atoms with Crippen LogP contribution in [0.4, 0.5) is 0 Å². The van der Waals surface area contributed by atoms with E-state index >= 15 is 0 Å². The molecule has 0 heterocycles. The molecular weight excluding hydrogens is 333 g/mol. The van der Waals surface area contributed by atoms with E-state index in [1.807, 2.05) is 0 Å². The molecule has 3 N–H and O–H groups in total. The quantitative estimate of drug-likeness (QED) is 0.658. The first-order valence-electron chi connectivity index (χ1n) is 0.717. The van der Waals surface area contributed by atoms with Crippen LogP contribution in [-0.2, 0) is 6.97 Å². The number of hydrogen-bond acceptors (Lipinski definition) is 1. The summed E-state index contributed by atoms with van der Waals surface area (Å²) < 4.78 is 0.